The second-order valence-electron chi connectivity index (χ2n) is 7.46. The second kappa shape index (κ2) is 8.51. The van der Waals surface area contributed by atoms with E-state index in [0.29, 0.717) is 24.3 Å². The highest BCUT2D eigenvalue weighted by Crippen LogP contribution is 2.21. The minimum atomic E-state index is -0.538. The normalized spacial score (nSPS) is 18.7. The van der Waals surface area contributed by atoms with Crippen LogP contribution in [-0.2, 0) is 0 Å². The molecule has 1 N–H and O–H groups in total. The van der Waals surface area contributed by atoms with Crippen LogP contribution in [0.1, 0.15) is 53.0 Å². The maximum Gasteiger partial charge on any atom is 0.274 e. The van der Waals surface area contributed by atoms with Gasteiger partial charge in [-0.2, -0.15) is 0 Å². The van der Waals surface area contributed by atoms with Gasteiger partial charge in [-0.3, -0.25) is 14.6 Å². The van der Waals surface area contributed by atoms with Crippen molar-refractivity contribution in [2.45, 2.75) is 38.1 Å². The highest BCUT2D eigenvalue weighted by molar-refractivity contribution is 5.96. The molecule has 0 saturated carbocycles. The average molecular weight is 394 g/mol. The topological polar surface area (TPSA) is 75.2 Å². The molecule has 2 heterocycles. The van der Waals surface area contributed by atoms with Crippen molar-refractivity contribution in [3.63, 3.8) is 0 Å². The van der Waals surface area contributed by atoms with Gasteiger partial charge in [-0.25, -0.2) is 9.37 Å². The van der Waals surface area contributed by atoms with Gasteiger partial charge in [-0.05, 0) is 50.3 Å². The summed E-state index contributed by atoms with van der Waals surface area (Å²) in [6, 6.07) is 4.05. The Morgan fingerprint density at radius 2 is 1.93 bits per heavy atom. The summed E-state index contributed by atoms with van der Waals surface area (Å²) in [5.74, 6) is -1.04. The Morgan fingerprint density at radius 1 is 1.10 bits per heavy atom. The van der Waals surface area contributed by atoms with E-state index in [1.165, 1.54) is 24.5 Å². The Kier molecular flexibility index (Phi) is 5.64. The molecule has 1 fully saturated rings. The molecule has 1 aliphatic carbocycles. The molecular weight excluding hydrogens is 371 g/mol. The monoisotopic (exact) mass is 394 g/mol. The van der Waals surface area contributed by atoms with E-state index in [4.69, 9.17) is 0 Å². The van der Waals surface area contributed by atoms with Gasteiger partial charge < -0.3 is 10.2 Å². The largest absolute Gasteiger partial charge is 0.346 e. The van der Waals surface area contributed by atoms with E-state index in [1.54, 1.807) is 11.0 Å². The van der Waals surface area contributed by atoms with Crippen LogP contribution in [0.4, 0.5) is 4.39 Å². The van der Waals surface area contributed by atoms with Crippen molar-refractivity contribution in [2.75, 3.05) is 13.1 Å². The first-order valence-electron chi connectivity index (χ1n) is 10.00. The molecule has 1 aliphatic heterocycles. The molecule has 1 unspecified atom stereocenters. The average Bonchev–Trinajstić information content (AvgIpc) is 3.26. The zero-order chi connectivity index (χ0) is 20.2. The molecule has 1 aromatic heterocycles. The maximum atomic E-state index is 14.2. The summed E-state index contributed by atoms with van der Waals surface area (Å²) in [6.07, 6.45) is 11.7. The number of carbonyl (C=O) groups is 2. The molecule has 29 heavy (non-hydrogen) atoms. The summed E-state index contributed by atoms with van der Waals surface area (Å²) in [5, 5.41) is 2.88. The number of piperidine rings is 1. The fourth-order valence-corrected chi connectivity index (χ4v) is 3.74. The third-order valence-corrected chi connectivity index (χ3v) is 5.28. The van der Waals surface area contributed by atoms with Gasteiger partial charge in [0.25, 0.3) is 11.8 Å². The number of benzene rings is 1. The smallest absolute Gasteiger partial charge is 0.274 e. The molecule has 4 rings (SSSR count). The summed E-state index contributed by atoms with van der Waals surface area (Å²) in [6.45, 7) is 1.43. The van der Waals surface area contributed by atoms with Gasteiger partial charge in [0.05, 0.1) is 18.1 Å². The highest BCUT2D eigenvalue weighted by atomic mass is 19.1. The molecule has 2 aliphatic rings. The lowest BCUT2D eigenvalue weighted by atomic mass is 10.1. The van der Waals surface area contributed by atoms with Crippen molar-refractivity contribution in [1.29, 1.82) is 0 Å². The van der Waals surface area contributed by atoms with Gasteiger partial charge >= 0.3 is 0 Å². The number of nitrogens with one attached hydrogen (secondary N) is 1. The van der Waals surface area contributed by atoms with Crippen LogP contribution in [0.5, 0.6) is 0 Å². The number of carbonyl (C=O) groups excluding carboxylic acids is 2. The predicted molar refractivity (Wildman–Crippen MR) is 107 cm³/mol. The zero-order valence-electron chi connectivity index (χ0n) is 16.1. The number of amides is 2. The Morgan fingerprint density at radius 3 is 2.69 bits per heavy atom. The molecule has 0 radical (unpaired) electrons. The minimum absolute atomic E-state index is 0.0282. The molecule has 2 aromatic rings. The van der Waals surface area contributed by atoms with Crippen molar-refractivity contribution in [2.24, 2.45) is 0 Å². The summed E-state index contributed by atoms with van der Waals surface area (Å²) < 4.78 is 14.2. The number of rotatable bonds is 4. The van der Waals surface area contributed by atoms with Crippen molar-refractivity contribution in [1.82, 2.24) is 20.2 Å². The SMILES string of the molecule is O=C(NC1C=CCC1)c1cc(F)cc(-c2cncc(C(=O)N3CCCCC3)n2)c1. The van der Waals surface area contributed by atoms with E-state index in [-0.39, 0.29) is 29.1 Å². The number of nitrogens with zero attached hydrogens (tertiary/aromatic N) is 3. The number of halogens is 1. The lowest BCUT2D eigenvalue weighted by molar-refractivity contribution is 0.0717. The van der Waals surface area contributed by atoms with Gasteiger partial charge in [-0.15, -0.1) is 0 Å². The van der Waals surface area contributed by atoms with Gasteiger partial charge in [-0.1, -0.05) is 12.2 Å². The van der Waals surface area contributed by atoms with Gasteiger partial charge in [0.1, 0.15) is 11.5 Å². The maximum absolute atomic E-state index is 14.2. The van der Waals surface area contributed by atoms with E-state index >= 15 is 0 Å². The number of hydrogen-bond donors (Lipinski definition) is 1. The van der Waals surface area contributed by atoms with Gasteiger partial charge in [0, 0.05) is 30.3 Å². The van der Waals surface area contributed by atoms with Crippen molar-refractivity contribution >= 4 is 11.8 Å². The van der Waals surface area contributed by atoms with E-state index in [0.717, 1.165) is 32.1 Å². The van der Waals surface area contributed by atoms with Crippen LogP contribution < -0.4 is 5.32 Å². The molecule has 0 bridgehead atoms. The summed E-state index contributed by atoms with van der Waals surface area (Å²) >= 11 is 0. The molecule has 150 valence electrons. The number of hydrogen-bond acceptors (Lipinski definition) is 4. The van der Waals surface area contributed by atoms with Crippen LogP contribution in [0.2, 0.25) is 0 Å². The lowest BCUT2D eigenvalue weighted by Crippen LogP contribution is -2.36. The third-order valence-electron chi connectivity index (χ3n) is 5.28. The molecule has 7 heteroatoms. The van der Waals surface area contributed by atoms with E-state index in [2.05, 4.69) is 15.3 Å². The van der Waals surface area contributed by atoms with Crippen LogP contribution in [-0.4, -0.2) is 45.8 Å². The standard InChI is InChI=1S/C22H23FN4O2/c23-17-11-15(10-16(12-17)21(28)25-18-6-2-3-7-18)19-13-24-14-20(26-19)22(29)27-8-4-1-5-9-27/h2,6,10-14,18H,1,3-5,7-9H2,(H,25,28). The Balaban J connectivity index is 1.57. The number of aromatic nitrogens is 2. The van der Waals surface area contributed by atoms with Crippen LogP contribution >= 0.6 is 0 Å². The number of allylic oxidation sites excluding steroid dienone is 1. The molecule has 1 atom stereocenters. The Bertz CT molecular complexity index is 954. The Hall–Kier alpha value is -3.09. The summed E-state index contributed by atoms with van der Waals surface area (Å²) in [5.41, 5.74) is 1.23. The van der Waals surface area contributed by atoms with Crippen LogP contribution in [0.3, 0.4) is 0 Å². The van der Waals surface area contributed by atoms with Crippen molar-refractivity contribution < 1.29 is 14.0 Å². The first-order valence-corrected chi connectivity index (χ1v) is 10.00. The zero-order valence-corrected chi connectivity index (χ0v) is 16.1. The van der Waals surface area contributed by atoms with E-state index in [1.807, 2.05) is 12.2 Å². The second-order valence-corrected chi connectivity index (χ2v) is 7.46. The third kappa shape index (κ3) is 4.50. The first kappa shape index (κ1) is 19.2. The molecule has 1 saturated heterocycles. The highest BCUT2D eigenvalue weighted by Gasteiger charge is 2.21. The molecular formula is C22H23FN4O2. The quantitative estimate of drug-likeness (QED) is 0.807. The summed E-state index contributed by atoms with van der Waals surface area (Å²) in [4.78, 5) is 35.5. The molecule has 1 aromatic carbocycles. The Labute approximate surface area is 168 Å². The van der Waals surface area contributed by atoms with Crippen molar-refractivity contribution in [3.05, 3.63) is 59.8 Å². The fourth-order valence-electron chi connectivity index (χ4n) is 3.74. The summed E-state index contributed by atoms with van der Waals surface area (Å²) in [7, 11) is 0. The predicted octanol–water partition coefficient (Wildman–Crippen LogP) is 3.36. The number of likely N-dealkylation sites (tertiary alicyclic amines) is 1. The van der Waals surface area contributed by atoms with Gasteiger partial charge in [0.15, 0.2) is 0 Å². The van der Waals surface area contributed by atoms with Crippen LogP contribution in [0.25, 0.3) is 11.3 Å². The molecule has 6 nitrogen and oxygen atoms in total. The first-order chi connectivity index (χ1) is 14.1. The van der Waals surface area contributed by atoms with Crippen LogP contribution in [0.15, 0.2) is 42.7 Å². The van der Waals surface area contributed by atoms with E-state index < -0.39 is 5.82 Å². The van der Waals surface area contributed by atoms with Crippen molar-refractivity contribution in [3.8, 4) is 11.3 Å². The fraction of sp³-hybridized carbons (Fsp3) is 0.364. The minimum Gasteiger partial charge on any atom is -0.346 e. The van der Waals surface area contributed by atoms with E-state index in [9.17, 15) is 14.0 Å². The van der Waals surface area contributed by atoms with Crippen LogP contribution in [0, 0.1) is 5.82 Å². The lowest BCUT2D eigenvalue weighted by Gasteiger charge is -2.26. The van der Waals surface area contributed by atoms with Gasteiger partial charge in [0.2, 0.25) is 0 Å². The molecule has 0 spiro atoms. The molecule has 2 amide bonds.